The van der Waals surface area contributed by atoms with Gasteiger partial charge in [0, 0.05) is 32.2 Å². The number of nitrogens with zero attached hydrogens (tertiary/aromatic N) is 1. The van der Waals surface area contributed by atoms with Crippen molar-refractivity contribution in [3.8, 4) is 0 Å². The molecule has 1 saturated carbocycles. The topological polar surface area (TPSA) is 15.3 Å². The lowest BCUT2D eigenvalue weighted by Gasteiger charge is -2.38. The van der Waals surface area contributed by atoms with Gasteiger partial charge >= 0.3 is 0 Å². The van der Waals surface area contributed by atoms with E-state index in [1.165, 1.54) is 25.7 Å². The second-order valence-corrected chi connectivity index (χ2v) is 6.80. The zero-order valence-corrected chi connectivity index (χ0v) is 13.3. The highest BCUT2D eigenvalue weighted by Crippen LogP contribution is 2.40. The van der Waals surface area contributed by atoms with Crippen LogP contribution in [-0.2, 0) is 0 Å². The third-order valence-corrected chi connectivity index (χ3v) is 5.32. The highest BCUT2D eigenvalue weighted by molar-refractivity contribution is 9.10. The summed E-state index contributed by atoms with van der Waals surface area (Å²) in [6.45, 7) is 4.22. The van der Waals surface area contributed by atoms with Gasteiger partial charge in [0.05, 0.1) is 4.47 Å². The van der Waals surface area contributed by atoms with Gasteiger partial charge in [0.2, 0.25) is 0 Å². The first kappa shape index (κ1) is 14.5. The van der Waals surface area contributed by atoms with Crippen molar-refractivity contribution in [3.63, 3.8) is 0 Å². The molecule has 1 aromatic rings. The summed E-state index contributed by atoms with van der Waals surface area (Å²) in [7, 11) is 0. The number of piperazine rings is 1. The molecular formula is C16H22BrFN2. The van der Waals surface area contributed by atoms with Gasteiger partial charge in [-0.25, -0.2) is 4.39 Å². The van der Waals surface area contributed by atoms with Crippen LogP contribution >= 0.6 is 15.9 Å². The summed E-state index contributed by atoms with van der Waals surface area (Å²) >= 11 is 3.26. The Bertz CT molecular complexity index is 454. The Morgan fingerprint density at radius 2 is 1.90 bits per heavy atom. The van der Waals surface area contributed by atoms with E-state index in [1.807, 2.05) is 6.07 Å². The van der Waals surface area contributed by atoms with E-state index in [0.29, 0.717) is 16.4 Å². The molecule has 20 heavy (non-hydrogen) atoms. The van der Waals surface area contributed by atoms with Crippen LogP contribution in [-0.4, -0.2) is 31.1 Å². The number of benzene rings is 1. The van der Waals surface area contributed by atoms with Crippen molar-refractivity contribution in [1.29, 1.82) is 0 Å². The number of nitrogens with one attached hydrogen (secondary N) is 1. The van der Waals surface area contributed by atoms with Gasteiger partial charge in [0.15, 0.2) is 0 Å². The van der Waals surface area contributed by atoms with Crippen LogP contribution in [0.3, 0.4) is 0 Å². The van der Waals surface area contributed by atoms with E-state index in [4.69, 9.17) is 0 Å². The quantitative estimate of drug-likeness (QED) is 0.901. The molecule has 1 N–H and O–H groups in total. The first-order valence-electron chi connectivity index (χ1n) is 7.65. The van der Waals surface area contributed by atoms with Gasteiger partial charge < -0.3 is 5.32 Å². The fourth-order valence-electron chi connectivity index (χ4n) is 3.71. The summed E-state index contributed by atoms with van der Waals surface area (Å²) in [6, 6.07) is 6.07. The minimum Gasteiger partial charge on any atom is -0.314 e. The Labute approximate surface area is 128 Å². The van der Waals surface area contributed by atoms with E-state index in [9.17, 15) is 4.39 Å². The molecule has 1 saturated heterocycles. The van der Waals surface area contributed by atoms with Gasteiger partial charge in [-0.05, 0) is 52.4 Å². The predicted octanol–water partition coefficient (Wildman–Crippen LogP) is 3.72. The van der Waals surface area contributed by atoms with Crippen LogP contribution in [0, 0.1) is 11.7 Å². The van der Waals surface area contributed by atoms with E-state index in [-0.39, 0.29) is 5.82 Å². The van der Waals surface area contributed by atoms with Gasteiger partial charge in [-0.1, -0.05) is 18.9 Å². The van der Waals surface area contributed by atoms with Crippen molar-refractivity contribution in [3.05, 3.63) is 34.1 Å². The largest absolute Gasteiger partial charge is 0.314 e. The maximum atomic E-state index is 13.9. The first-order chi connectivity index (χ1) is 9.75. The van der Waals surface area contributed by atoms with E-state index >= 15 is 0 Å². The van der Waals surface area contributed by atoms with Crippen LogP contribution in [0.25, 0.3) is 0 Å². The van der Waals surface area contributed by atoms with Crippen LogP contribution in [0.4, 0.5) is 4.39 Å². The van der Waals surface area contributed by atoms with Crippen LogP contribution < -0.4 is 5.32 Å². The molecule has 0 unspecified atom stereocenters. The summed E-state index contributed by atoms with van der Waals surface area (Å²) in [6.07, 6.45) is 5.22. The fourth-order valence-corrected chi connectivity index (χ4v) is 3.96. The Morgan fingerprint density at radius 1 is 1.20 bits per heavy atom. The standard InChI is InChI=1S/C16H22BrFN2/c17-14-6-5-13(11-15(14)18)16(12-3-1-2-4-12)20-9-7-19-8-10-20/h5-6,11-12,16,19H,1-4,7-10H2/t16-/m1/s1. The van der Waals surface area contributed by atoms with Crippen molar-refractivity contribution >= 4 is 15.9 Å². The smallest absolute Gasteiger partial charge is 0.137 e. The van der Waals surface area contributed by atoms with Crippen molar-refractivity contribution in [1.82, 2.24) is 10.2 Å². The van der Waals surface area contributed by atoms with E-state index in [1.54, 1.807) is 6.07 Å². The molecule has 110 valence electrons. The molecule has 1 aliphatic carbocycles. The third kappa shape index (κ3) is 3.07. The predicted molar refractivity (Wildman–Crippen MR) is 83.2 cm³/mol. The van der Waals surface area contributed by atoms with Crippen LogP contribution in [0.15, 0.2) is 22.7 Å². The molecule has 0 aromatic heterocycles. The molecule has 2 nitrogen and oxygen atoms in total. The molecule has 2 aliphatic rings. The molecule has 0 bridgehead atoms. The average molecular weight is 341 g/mol. The molecule has 0 spiro atoms. The molecule has 4 heteroatoms. The molecule has 1 heterocycles. The van der Waals surface area contributed by atoms with E-state index in [2.05, 4.69) is 32.2 Å². The summed E-state index contributed by atoms with van der Waals surface area (Å²) < 4.78 is 14.5. The Hall–Kier alpha value is -0.450. The maximum absolute atomic E-state index is 13.9. The normalized spacial score (nSPS) is 23.1. The van der Waals surface area contributed by atoms with Crippen molar-refractivity contribution < 1.29 is 4.39 Å². The zero-order valence-electron chi connectivity index (χ0n) is 11.7. The summed E-state index contributed by atoms with van der Waals surface area (Å²) in [5, 5.41) is 3.41. The maximum Gasteiger partial charge on any atom is 0.137 e. The van der Waals surface area contributed by atoms with Gasteiger partial charge in [0.25, 0.3) is 0 Å². The van der Waals surface area contributed by atoms with Crippen molar-refractivity contribution in [2.24, 2.45) is 5.92 Å². The first-order valence-corrected chi connectivity index (χ1v) is 8.45. The van der Waals surface area contributed by atoms with Crippen molar-refractivity contribution in [2.45, 2.75) is 31.7 Å². The third-order valence-electron chi connectivity index (χ3n) is 4.68. The van der Waals surface area contributed by atoms with Gasteiger partial charge in [-0.3, -0.25) is 4.90 Å². The number of rotatable bonds is 3. The monoisotopic (exact) mass is 340 g/mol. The molecule has 3 rings (SSSR count). The highest BCUT2D eigenvalue weighted by Gasteiger charge is 2.32. The summed E-state index contributed by atoms with van der Waals surface area (Å²) in [4.78, 5) is 2.55. The SMILES string of the molecule is Fc1cc([C@@H](C2CCCC2)N2CCNCC2)ccc1Br. The van der Waals surface area contributed by atoms with Gasteiger partial charge in [0.1, 0.15) is 5.82 Å². The second-order valence-electron chi connectivity index (χ2n) is 5.95. The number of hydrogen-bond donors (Lipinski definition) is 1. The second kappa shape index (κ2) is 6.54. The Morgan fingerprint density at radius 3 is 2.55 bits per heavy atom. The lowest BCUT2D eigenvalue weighted by Crippen LogP contribution is -2.46. The zero-order chi connectivity index (χ0) is 13.9. The molecule has 0 radical (unpaired) electrons. The molecule has 1 atom stereocenters. The Balaban J connectivity index is 1.88. The number of halogens is 2. The number of hydrogen-bond acceptors (Lipinski definition) is 2. The van der Waals surface area contributed by atoms with Gasteiger partial charge in [-0.2, -0.15) is 0 Å². The molecule has 0 amide bonds. The lowest BCUT2D eigenvalue weighted by molar-refractivity contribution is 0.125. The fraction of sp³-hybridized carbons (Fsp3) is 0.625. The molecule has 2 fully saturated rings. The lowest BCUT2D eigenvalue weighted by atomic mass is 9.89. The van der Waals surface area contributed by atoms with E-state index in [0.717, 1.165) is 31.7 Å². The summed E-state index contributed by atoms with van der Waals surface area (Å²) in [5.74, 6) is 0.550. The Kier molecular flexibility index (Phi) is 4.74. The minimum atomic E-state index is -0.138. The molecular weight excluding hydrogens is 319 g/mol. The van der Waals surface area contributed by atoms with Crippen LogP contribution in [0.1, 0.15) is 37.3 Å². The minimum absolute atomic E-state index is 0.138. The average Bonchev–Trinajstić information content (AvgIpc) is 2.98. The highest BCUT2D eigenvalue weighted by atomic mass is 79.9. The van der Waals surface area contributed by atoms with Gasteiger partial charge in [-0.15, -0.1) is 0 Å². The van der Waals surface area contributed by atoms with Crippen LogP contribution in [0.2, 0.25) is 0 Å². The molecule has 1 aliphatic heterocycles. The van der Waals surface area contributed by atoms with Crippen LogP contribution in [0.5, 0.6) is 0 Å². The molecule has 1 aromatic carbocycles. The summed E-state index contributed by atoms with van der Waals surface area (Å²) in [5.41, 5.74) is 1.15. The van der Waals surface area contributed by atoms with Crippen molar-refractivity contribution in [2.75, 3.05) is 26.2 Å². The van der Waals surface area contributed by atoms with E-state index < -0.39 is 0 Å².